The second-order valence-corrected chi connectivity index (χ2v) is 12.0. The van der Waals surface area contributed by atoms with E-state index < -0.39 is 0 Å². The first-order valence-electron chi connectivity index (χ1n) is 12.5. The molecule has 214 valence electrons. The molecule has 1 aliphatic rings. The van der Waals surface area contributed by atoms with Crippen molar-refractivity contribution >= 4 is 82.0 Å². The normalized spacial score (nSPS) is 13.5. The summed E-state index contributed by atoms with van der Waals surface area (Å²) < 4.78 is 6.43. The molecule has 1 heterocycles. The molecule has 0 N–H and O–H groups in total. The predicted molar refractivity (Wildman–Crippen MR) is 175 cm³/mol. The van der Waals surface area contributed by atoms with Gasteiger partial charge in [0.2, 0.25) is 0 Å². The molecule has 0 saturated heterocycles. The van der Waals surface area contributed by atoms with Crippen LogP contribution in [0.4, 0.5) is 0 Å². The average molecular weight is 690 g/mol. The molecule has 1 aliphatic heterocycles. The highest BCUT2D eigenvalue weighted by molar-refractivity contribution is 6.35. The molecule has 0 radical (unpaired) electrons. The Kier molecular flexibility index (Phi) is 11.4. The van der Waals surface area contributed by atoms with Gasteiger partial charge >= 0.3 is 0 Å². The van der Waals surface area contributed by atoms with Crippen molar-refractivity contribution in [3.63, 3.8) is 0 Å². The van der Waals surface area contributed by atoms with E-state index in [1.165, 1.54) is 0 Å². The van der Waals surface area contributed by atoms with Gasteiger partial charge in [0.1, 0.15) is 6.10 Å². The van der Waals surface area contributed by atoms with E-state index in [2.05, 4.69) is 22.2 Å². The number of ether oxygens (including phenoxy) is 1. The molecule has 0 aromatic heterocycles. The zero-order chi connectivity index (χ0) is 28.2. The molecule has 10 heteroatoms. The minimum absolute atomic E-state index is 0. The van der Waals surface area contributed by atoms with Crippen molar-refractivity contribution in [2.24, 2.45) is 0 Å². The van der Waals surface area contributed by atoms with Gasteiger partial charge in [0.25, 0.3) is 0 Å². The SMILES string of the molecule is Cl.Clc1ccc(C(c2ccc(Cl)cc2)N2C=CN(CC(OCc3ccc(Cl)cc3Cl)c3ccc(Cl)cc3Cl)C2)cc1. The minimum Gasteiger partial charge on any atom is -0.367 e. The maximum absolute atomic E-state index is 6.63. The predicted octanol–water partition coefficient (Wildman–Crippen LogP) is 11.1. The van der Waals surface area contributed by atoms with Gasteiger partial charge in [-0.15, -0.1) is 12.4 Å². The summed E-state index contributed by atoms with van der Waals surface area (Å²) in [6, 6.07) is 26.6. The van der Waals surface area contributed by atoms with Crippen LogP contribution in [0.15, 0.2) is 97.3 Å². The third-order valence-electron chi connectivity index (χ3n) is 6.68. The van der Waals surface area contributed by atoms with Gasteiger partial charge in [0.05, 0.1) is 19.3 Å². The summed E-state index contributed by atoms with van der Waals surface area (Å²) >= 11 is 37.7. The third kappa shape index (κ3) is 8.19. The Morgan fingerprint density at radius 1 is 0.634 bits per heavy atom. The van der Waals surface area contributed by atoms with E-state index in [1.54, 1.807) is 18.2 Å². The Morgan fingerprint density at radius 3 is 1.73 bits per heavy atom. The van der Waals surface area contributed by atoms with Crippen LogP contribution in [-0.4, -0.2) is 23.0 Å². The van der Waals surface area contributed by atoms with Crippen LogP contribution in [0, 0.1) is 0 Å². The second kappa shape index (κ2) is 14.6. The van der Waals surface area contributed by atoms with E-state index in [0.29, 0.717) is 50.0 Å². The molecule has 4 aromatic rings. The fraction of sp³-hybridized carbons (Fsp3) is 0.161. The van der Waals surface area contributed by atoms with E-state index in [0.717, 1.165) is 22.3 Å². The molecular formula is C31H25Cl7N2O. The summed E-state index contributed by atoms with van der Waals surface area (Å²) in [7, 11) is 0. The van der Waals surface area contributed by atoms with Crippen molar-refractivity contribution in [2.45, 2.75) is 18.8 Å². The Morgan fingerprint density at radius 2 is 1.17 bits per heavy atom. The van der Waals surface area contributed by atoms with Gasteiger partial charge in [0, 0.05) is 54.6 Å². The molecular weight excluding hydrogens is 665 g/mol. The number of hydrogen-bond acceptors (Lipinski definition) is 3. The van der Waals surface area contributed by atoms with Crippen LogP contribution in [0.25, 0.3) is 0 Å². The van der Waals surface area contributed by atoms with Crippen molar-refractivity contribution in [2.75, 3.05) is 13.2 Å². The first kappa shape index (κ1) is 32.1. The highest BCUT2D eigenvalue weighted by atomic mass is 35.5. The van der Waals surface area contributed by atoms with Gasteiger partial charge in [-0.25, -0.2) is 0 Å². The molecule has 0 aliphatic carbocycles. The zero-order valence-electron chi connectivity index (χ0n) is 21.5. The highest BCUT2D eigenvalue weighted by Crippen LogP contribution is 2.35. The summed E-state index contributed by atoms with van der Waals surface area (Å²) in [5, 5.41) is 3.61. The zero-order valence-corrected chi connectivity index (χ0v) is 26.8. The number of hydrogen-bond donors (Lipinski definition) is 0. The standard InChI is InChI=1S/C31H24Cl6N2O.ClH/c32-23-6-1-20(2-7-23)31(21-3-8-24(33)9-4-21)39-14-13-38(19-39)17-30(27-12-11-26(35)16-29(27)37)40-18-22-5-10-25(34)15-28(22)36;/h1-16,30-31H,17-19H2;1H. The Balaban J connectivity index is 0.00000387. The van der Waals surface area contributed by atoms with Gasteiger partial charge < -0.3 is 14.5 Å². The van der Waals surface area contributed by atoms with Crippen LogP contribution < -0.4 is 0 Å². The van der Waals surface area contributed by atoms with Crippen LogP contribution in [0.2, 0.25) is 30.1 Å². The van der Waals surface area contributed by atoms with Crippen LogP contribution in [0.5, 0.6) is 0 Å². The van der Waals surface area contributed by atoms with Gasteiger partial charge in [-0.05, 0) is 65.2 Å². The molecule has 0 amide bonds. The van der Waals surface area contributed by atoms with E-state index >= 15 is 0 Å². The molecule has 5 rings (SSSR count). The van der Waals surface area contributed by atoms with Crippen molar-refractivity contribution in [3.05, 3.63) is 150 Å². The molecule has 4 aromatic carbocycles. The Hall–Kier alpha value is -1.79. The van der Waals surface area contributed by atoms with Crippen molar-refractivity contribution in [1.82, 2.24) is 9.80 Å². The van der Waals surface area contributed by atoms with Crippen LogP contribution in [0.3, 0.4) is 0 Å². The Bertz CT molecular complexity index is 1450. The van der Waals surface area contributed by atoms with Crippen molar-refractivity contribution in [3.8, 4) is 0 Å². The molecule has 0 fully saturated rings. The number of halogens is 7. The van der Waals surface area contributed by atoms with E-state index in [9.17, 15) is 0 Å². The lowest BCUT2D eigenvalue weighted by atomic mass is 9.97. The second-order valence-electron chi connectivity index (χ2n) is 9.43. The summed E-state index contributed by atoms with van der Waals surface area (Å²) in [4.78, 5) is 4.46. The summed E-state index contributed by atoms with van der Waals surface area (Å²) in [6.45, 7) is 1.47. The topological polar surface area (TPSA) is 15.7 Å². The fourth-order valence-electron chi connectivity index (χ4n) is 4.68. The largest absolute Gasteiger partial charge is 0.367 e. The van der Waals surface area contributed by atoms with Crippen LogP contribution in [0.1, 0.15) is 34.4 Å². The lowest BCUT2D eigenvalue weighted by Crippen LogP contribution is -2.32. The highest BCUT2D eigenvalue weighted by Gasteiger charge is 2.27. The molecule has 1 atom stereocenters. The van der Waals surface area contributed by atoms with Gasteiger partial charge in [-0.2, -0.15) is 0 Å². The number of nitrogens with zero attached hydrogens (tertiary/aromatic N) is 2. The quantitative estimate of drug-likeness (QED) is 0.174. The monoisotopic (exact) mass is 686 g/mol. The first-order chi connectivity index (χ1) is 19.3. The lowest BCUT2D eigenvalue weighted by molar-refractivity contribution is 0.0187. The molecule has 3 nitrogen and oxygen atoms in total. The molecule has 0 saturated carbocycles. The number of rotatable bonds is 9. The number of benzene rings is 4. The molecule has 1 unspecified atom stereocenters. The average Bonchev–Trinajstić information content (AvgIpc) is 3.38. The van der Waals surface area contributed by atoms with Crippen molar-refractivity contribution < 1.29 is 4.74 Å². The Labute approximate surface area is 276 Å². The fourth-order valence-corrected chi connectivity index (χ4v) is 5.93. The van der Waals surface area contributed by atoms with Gasteiger partial charge in [-0.1, -0.05) is 106 Å². The lowest BCUT2D eigenvalue weighted by Gasteiger charge is -2.32. The summed E-state index contributed by atoms with van der Waals surface area (Å²) in [6.07, 6.45) is 3.80. The van der Waals surface area contributed by atoms with Crippen molar-refractivity contribution in [1.29, 1.82) is 0 Å². The maximum atomic E-state index is 6.63. The van der Waals surface area contributed by atoms with E-state index in [-0.39, 0.29) is 24.6 Å². The minimum atomic E-state index is -0.356. The molecule has 0 spiro atoms. The molecule has 0 bridgehead atoms. The van der Waals surface area contributed by atoms with Crippen LogP contribution in [-0.2, 0) is 11.3 Å². The van der Waals surface area contributed by atoms with Gasteiger partial charge in [0.15, 0.2) is 0 Å². The van der Waals surface area contributed by atoms with E-state index in [4.69, 9.17) is 74.3 Å². The third-order valence-corrected chi connectivity index (χ3v) is 8.34. The van der Waals surface area contributed by atoms with Gasteiger partial charge in [-0.3, -0.25) is 0 Å². The molecule has 41 heavy (non-hydrogen) atoms. The first-order valence-corrected chi connectivity index (χ1v) is 14.7. The van der Waals surface area contributed by atoms with Crippen LogP contribution >= 0.6 is 82.0 Å². The summed E-state index contributed by atoms with van der Waals surface area (Å²) in [5.74, 6) is 0. The smallest absolute Gasteiger partial charge is 0.102 e. The van der Waals surface area contributed by atoms with E-state index in [1.807, 2.05) is 66.7 Å². The maximum Gasteiger partial charge on any atom is 0.102 e. The summed E-state index contributed by atoms with van der Waals surface area (Å²) in [5.41, 5.74) is 3.91.